The van der Waals surface area contributed by atoms with E-state index in [1.54, 1.807) is 0 Å². The fourth-order valence-corrected chi connectivity index (χ4v) is 8.10. The molecule has 0 radical (unpaired) electrons. The van der Waals surface area contributed by atoms with E-state index in [2.05, 4.69) is 57.2 Å². The minimum absolute atomic E-state index is 0.0724. The lowest BCUT2D eigenvalue weighted by molar-refractivity contribution is -0.167. The van der Waals surface area contributed by atoms with Gasteiger partial charge in [-0.1, -0.05) is 243 Å². The van der Waals surface area contributed by atoms with Crippen molar-refractivity contribution < 1.29 is 28.6 Å². The number of rotatable bonds is 51. The van der Waals surface area contributed by atoms with E-state index in [1.807, 2.05) is 0 Å². The number of ether oxygens (including phenoxy) is 3. The van der Waals surface area contributed by atoms with Crippen LogP contribution in [0.4, 0.5) is 0 Å². The Morgan fingerprint density at radius 1 is 0.312 bits per heavy atom. The van der Waals surface area contributed by atoms with Crippen molar-refractivity contribution in [2.24, 2.45) is 0 Å². The van der Waals surface area contributed by atoms with Gasteiger partial charge in [-0.2, -0.15) is 0 Å². The van der Waals surface area contributed by atoms with E-state index in [0.717, 1.165) is 77.0 Å². The van der Waals surface area contributed by atoms with Crippen LogP contribution < -0.4 is 0 Å². The predicted molar refractivity (Wildman–Crippen MR) is 275 cm³/mol. The molecule has 0 fully saturated rings. The van der Waals surface area contributed by atoms with E-state index < -0.39 is 6.10 Å². The van der Waals surface area contributed by atoms with Crippen molar-refractivity contribution in [3.8, 4) is 0 Å². The SMILES string of the molecule is CCCC/C=C\CCCCCCCC(=O)OC(COC(=O)CCCCCCCCCCCC)COC(=O)CCCCCCCCCCCCCCC/C=C\C/C=C\CCCCCCC. The highest BCUT2D eigenvalue weighted by Crippen LogP contribution is 2.16. The number of carbonyl (C=O) groups is 3. The molecule has 0 spiro atoms. The number of hydrogen-bond donors (Lipinski definition) is 0. The molecule has 0 aliphatic rings. The van der Waals surface area contributed by atoms with E-state index in [9.17, 15) is 14.4 Å². The van der Waals surface area contributed by atoms with Gasteiger partial charge in [0.05, 0.1) is 0 Å². The Hall–Kier alpha value is -2.37. The van der Waals surface area contributed by atoms with Crippen molar-refractivity contribution in [1.29, 1.82) is 0 Å². The van der Waals surface area contributed by atoms with Crippen molar-refractivity contribution in [2.75, 3.05) is 13.2 Å². The van der Waals surface area contributed by atoms with Crippen LogP contribution in [0.2, 0.25) is 0 Å². The first-order valence-corrected chi connectivity index (χ1v) is 28.0. The molecule has 6 heteroatoms. The van der Waals surface area contributed by atoms with Gasteiger partial charge in [0.2, 0.25) is 0 Å². The highest BCUT2D eigenvalue weighted by molar-refractivity contribution is 5.71. The Kier molecular flexibility index (Phi) is 51.3. The first kappa shape index (κ1) is 61.6. The summed E-state index contributed by atoms with van der Waals surface area (Å²) in [5.41, 5.74) is 0. The van der Waals surface area contributed by atoms with Crippen LogP contribution in [0.15, 0.2) is 36.5 Å². The van der Waals surface area contributed by atoms with Gasteiger partial charge in [-0.25, -0.2) is 0 Å². The standard InChI is InChI=1S/C58H106O6/c1-4-7-10-13-16-19-22-23-24-25-26-27-28-29-30-31-32-33-34-35-37-39-42-45-48-51-57(60)63-54-55(53-62-56(59)50-47-44-41-38-21-18-15-12-9-6-3)64-58(61)52-49-46-43-40-36-20-17-14-11-8-5-2/h14,17,22-23,25-26,55H,4-13,15-16,18-21,24,27-54H2,1-3H3/b17-14-,23-22-,26-25-. The van der Waals surface area contributed by atoms with Crippen LogP contribution in [-0.2, 0) is 28.6 Å². The summed E-state index contributed by atoms with van der Waals surface area (Å²) in [4.78, 5) is 37.9. The Morgan fingerprint density at radius 2 is 0.578 bits per heavy atom. The zero-order valence-corrected chi connectivity index (χ0v) is 42.8. The van der Waals surface area contributed by atoms with Crippen LogP contribution in [0.5, 0.6) is 0 Å². The lowest BCUT2D eigenvalue weighted by Crippen LogP contribution is -2.30. The van der Waals surface area contributed by atoms with Crippen LogP contribution in [0, 0.1) is 0 Å². The first-order valence-electron chi connectivity index (χ1n) is 28.0. The fraction of sp³-hybridized carbons (Fsp3) is 0.845. The Labute approximate surface area is 397 Å². The van der Waals surface area contributed by atoms with Gasteiger partial charge in [-0.05, 0) is 70.6 Å². The molecule has 374 valence electrons. The van der Waals surface area contributed by atoms with E-state index in [1.165, 1.54) is 180 Å². The predicted octanol–water partition coefficient (Wildman–Crippen LogP) is 18.5. The van der Waals surface area contributed by atoms with Gasteiger partial charge in [0.1, 0.15) is 13.2 Å². The molecule has 0 aliphatic heterocycles. The number of esters is 3. The second kappa shape index (κ2) is 53.2. The molecule has 1 atom stereocenters. The maximum atomic E-state index is 12.8. The summed E-state index contributed by atoms with van der Waals surface area (Å²) >= 11 is 0. The van der Waals surface area contributed by atoms with E-state index in [4.69, 9.17) is 14.2 Å². The van der Waals surface area contributed by atoms with Crippen LogP contribution in [0.3, 0.4) is 0 Å². The molecule has 0 aromatic rings. The van der Waals surface area contributed by atoms with E-state index >= 15 is 0 Å². The van der Waals surface area contributed by atoms with Gasteiger partial charge >= 0.3 is 17.9 Å². The summed E-state index contributed by atoms with van der Waals surface area (Å²) in [7, 11) is 0. The number of allylic oxidation sites excluding steroid dienone is 6. The van der Waals surface area contributed by atoms with Crippen molar-refractivity contribution in [3.05, 3.63) is 36.5 Å². The summed E-state index contributed by atoms with van der Waals surface area (Å²) in [5, 5.41) is 0. The second-order valence-electron chi connectivity index (χ2n) is 18.8. The largest absolute Gasteiger partial charge is 0.462 e. The summed E-state index contributed by atoms with van der Waals surface area (Å²) in [5.74, 6) is -0.873. The molecule has 0 N–H and O–H groups in total. The summed E-state index contributed by atoms with van der Waals surface area (Å²) in [6.45, 7) is 6.59. The molecule has 0 saturated carbocycles. The maximum absolute atomic E-state index is 12.8. The third kappa shape index (κ3) is 50.6. The second-order valence-corrected chi connectivity index (χ2v) is 18.8. The molecule has 0 saturated heterocycles. The fourth-order valence-electron chi connectivity index (χ4n) is 8.10. The average Bonchev–Trinajstić information content (AvgIpc) is 3.29. The van der Waals surface area contributed by atoms with Crippen LogP contribution in [0.1, 0.15) is 297 Å². The molecule has 1 unspecified atom stereocenters. The van der Waals surface area contributed by atoms with Crippen LogP contribution in [-0.4, -0.2) is 37.2 Å². The minimum Gasteiger partial charge on any atom is -0.462 e. The summed E-state index contributed by atoms with van der Waals surface area (Å²) in [6.07, 6.45) is 62.9. The topological polar surface area (TPSA) is 78.9 Å². The Balaban J connectivity index is 4.15. The number of unbranched alkanes of at least 4 members (excludes halogenated alkanes) is 34. The van der Waals surface area contributed by atoms with Gasteiger partial charge in [0.15, 0.2) is 6.10 Å². The highest BCUT2D eigenvalue weighted by atomic mass is 16.6. The van der Waals surface area contributed by atoms with Crippen molar-refractivity contribution >= 4 is 17.9 Å². The van der Waals surface area contributed by atoms with E-state index in [0.29, 0.717) is 19.3 Å². The van der Waals surface area contributed by atoms with Gasteiger partial charge < -0.3 is 14.2 Å². The van der Waals surface area contributed by atoms with Crippen molar-refractivity contribution in [2.45, 2.75) is 303 Å². The average molecular weight is 899 g/mol. The van der Waals surface area contributed by atoms with Crippen LogP contribution in [0.25, 0.3) is 0 Å². The molecular weight excluding hydrogens is 793 g/mol. The van der Waals surface area contributed by atoms with Crippen LogP contribution >= 0.6 is 0 Å². The lowest BCUT2D eigenvalue weighted by Gasteiger charge is -2.18. The normalized spacial score (nSPS) is 12.2. The molecule has 0 aromatic heterocycles. The number of hydrogen-bond acceptors (Lipinski definition) is 6. The summed E-state index contributed by atoms with van der Waals surface area (Å²) < 4.78 is 16.8. The molecule has 0 aromatic carbocycles. The third-order valence-electron chi connectivity index (χ3n) is 12.4. The number of carbonyl (C=O) groups excluding carboxylic acids is 3. The quantitative estimate of drug-likeness (QED) is 0.0262. The maximum Gasteiger partial charge on any atom is 0.306 e. The molecular formula is C58H106O6. The molecule has 0 heterocycles. The Morgan fingerprint density at radius 3 is 0.922 bits per heavy atom. The molecule has 0 rings (SSSR count). The smallest absolute Gasteiger partial charge is 0.306 e. The zero-order chi connectivity index (χ0) is 46.5. The third-order valence-corrected chi connectivity index (χ3v) is 12.4. The van der Waals surface area contributed by atoms with Gasteiger partial charge in [-0.3, -0.25) is 14.4 Å². The zero-order valence-electron chi connectivity index (χ0n) is 42.8. The summed E-state index contributed by atoms with van der Waals surface area (Å²) in [6, 6.07) is 0. The monoisotopic (exact) mass is 899 g/mol. The van der Waals surface area contributed by atoms with Gasteiger partial charge in [0, 0.05) is 19.3 Å². The first-order chi connectivity index (χ1) is 31.5. The molecule has 0 amide bonds. The minimum atomic E-state index is -0.771. The highest BCUT2D eigenvalue weighted by Gasteiger charge is 2.19. The van der Waals surface area contributed by atoms with Gasteiger partial charge in [-0.15, -0.1) is 0 Å². The molecule has 64 heavy (non-hydrogen) atoms. The molecule has 0 aliphatic carbocycles. The van der Waals surface area contributed by atoms with Gasteiger partial charge in [0.25, 0.3) is 0 Å². The van der Waals surface area contributed by atoms with Crippen molar-refractivity contribution in [3.63, 3.8) is 0 Å². The van der Waals surface area contributed by atoms with E-state index in [-0.39, 0.29) is 31.1 Å². The van der Waals surface area contributed by atoms with Crippen molar-refractivity contribution in [1.82, 2.24) is 0 Å². The molecule has 6 nitrogen and oxygen atoms in total. The lowest BCUT2D eigenvalue weighted by atomic mass is 10.0. The molecule has 0 bridgehead atoms. The Bertz CT molecular complexity index is 1080.